The molecule has 21 heavy (non-hydrogen) atoms. The number of ether oxygens (including phenoxy) is 1. The summed E-state index contributed by atoms with van der Waals surface area (Å²) < 4.78 is 31.9. The van der Waals surface area contributed by atoms with Crippen LogP contribution in [0.25, 0.3) is 0 Å². The van der Waals surface area contributed by atoms with Gasteiger partial charge in [-0.05, 0) is 34.1 Å². The lowest BCUT2D eigenvalue weighted by Gasteiger charge is -2.09. The molecule has 0 saturated heterocycles. The second kappa shape index (κ2) is 6.59. The molecule has 0 saturated carbocycles. The molecule has 0 aliphatic carbocycles. The third-order valence-corrected chi connectivity index (χ3v) is 3.13. The van der Waals surface area contributed by atoms with Crippen molar-refractivity contribution in [2.75, 3.05) is 0 Å². The Kier molecular flexibility index (Phi) is 4.81. The van der Waals surface area contributed by atoms with E-state index in [0.29, 0.717) is 5.69 Å². The number of hydrazine groups is 1. The van der Waals surface area contributed by atoms with Gasteiger partial charge in [0.05, 0.1) is 15.7 Å². The van der Waals surface area contributed by atoms with Gasteiger partial charge in [0.25, 0.3) is 5.91 Å². The molecule has 2 rings (SSSR count). The Bertz CT molecular complexity index is 642. The number of pyridine rings is 1. The predicted molar refractivity (Wildman–Crippen MR) is 74.3 cm³/mol. The average molecular weight is 358 g/mol. The van der Waals surface area contributed by atoms with E-state index in [1.54, 1.807) is 6.07 Å². The van der Waals surface area contributed by atoms with Crippen LogP contribution in [0.5, 0.6) is 5.75 Å². The molecule has 0 unspecified atom stereocenters. The number of aromatic nitrogens is 1. The van der Waals surface area contributed by atoms with Gasteiger partial charge in [-0.2, -0.15) is 0 Å². The largest absolute Gasteiger partial charge is 0.483 e. The second-order valence-corrected chi connectivity index (χ2v) is 4.85. The maximum atomic E-state index is 13.5. The molecule has 3 N–H and O–H groups in total. The van der Waals surface area contributed by atoms with Gasteiger partial charge in [-0.15, -0.1) is 0 Å². The van der Waals surface area contributed by atoms with Gasteiger partial charge in [-0.1, -0.05) is 0 Å². The Morgan fingerprint density at radius 3 is 2.71 bits per heavy atom. The van der Waals surface area contributed by atoms with Crippen molar-refractivity contribution in [1.82, 2.24) is 10.4 Å². The van der Waals surface area contributed by atoms with Crippen molar-refractivity contribution in [1.29, 1.82) is 0 Å². The van der Waals surface area contributed by atoms with Crippen LogP contribution in [0.2, 0.25) is 0 Å². The summed E-state index contributed by atoms with van der Waals surface area (Å²) in [5, 5.41) is 0. The van der Waals surface area contributed by atoms with Crippen LogP contribution >= 0.6 is 15.9 Å². The summed E-state index contributed by atoms with van der Waals surface area (Å²) in [6.45, 7) is -0.0360. The summed E-state index contributed by atoms with van der Waals surface area (Å²) in [4.78, 5) is 15.2. The highest BCUT2D eigenvalue weighted by molar-refractivity contribution is 9.10. The molecular weight excluding hydrogens is 348 g/mol. The van der Waals surface area contributed by atoms with E-state index in [4.69, 9.17) is 10.6 Å². The second-order valence-electron chi connectivity index (χ2n) is 4.00. The zero-order chi connectivity index (χ0) is 15.4. The molecule has 0 spiro atoms. The number of nitrogens with zero attached hydrogens (tertiary/aromatic N) is 1. The quantitative estimate of drug-likeness (QED) is 0.500. The van der Waals surface area contributed by atoms with Crippen LogP contribution in [0.1, 0.15) is 16.1 Å². The average Bonchev–Trinajstić information content (AvgIpc) is 2.46. The number of hydrogen-bond donors (Lipinski definition) is 2. The number of nitrogens with two attached hydrogens (primary N) is 1. The molecule has 1 aromatic heterocycles. The Labute approximate surface area is 127 Å². The van der Waals surface area contributed by atoms with Crippen LogP contribution in [-0.2, 0) is 6.61 Å². The summed E-state index contributed by atoms with van der Waals surface area (Å²) in [5.74, 6) is 2.89. The van der Waals surface area contributed by atoms with E-state index in [2.05, 4.69) is 20.9 Å². The molecule has 0 aliphatic heterocycles. The predicted octanol–water partition coefficient (Wildman–Crippen LogP) is 2.30. The summed E-state index contributed by atoms with van der Waals surface area (Å²) >= 11 is 3.02. The third kappa shape index (κ3) is 3.73. The Morgan fingerprint density at radius 1 is 1.38 bits per heavy atom. The monoisotopic (exact) mass is 357 g/mol. The molecular formula is C13H10BrF2N3O2. The maximum absolute atomic E-state index is 13.5. The SMILES string of the molecule is NNC(=O)c1ccc(COc2c(F)cc(F)cc2Br)nc1. The molecule has 2 aromatic rings. The van der Waals surface area contributed by atoms with E-state index >= 15 is 0 Å². The fourth-order valence-electron chi connectivity index (χ4n) is 1.54. The van der Waals surface area contributed by atoms with E-state index < -0.39 is 17.5 Å². The van der Waals surface area contributed by atoms with Gasteiger partial charge < -0.3 is 4.74 Å². The number of nitrogens with one attached hydrogen (secondary N) is 1. The number of carbonyl (C=O) groups excluding carboxylic acids is 1. The minimum atomic E-state index is -0.819. The molecule has 1 amide bonds. The number of halogens is 3. The van der Waals surface area contributed by atoms with Crippen molar-refractivity contribution < 1.29 is 18.3 Å². The first-order valence-corrected chi connectivity index (χ1v) is 6.53. The fourth-order valence-corrected chi connectivity index (χ4v) is 2.06. The first-order chi connectivity index (χ1) is 10.0. The van der Waals surface area contributed by atoms with Gasteiger partial charge in [0, 0.05) is 12.3 Å². The van der Waals surface area contributed by atoms with Crippen LogP contribution in [0.15, 0.2) is 34.9 Å². The topological polar surface area (TPSA) is 77.2 Å². The Hall–Kier alpha value is -2.06. The maximum Gasteiger partial charge on any atom is 0.266 e. The van der Waals surface area contributed by atoms with Crippen molar-refractivity contribution in [3.05, 3.63) is 57.8 Å². The highest BCUT2D eigenvalue weighted by atomic mass is 79.9. The first-order valence-electron chi connectivity index (χ1n) is 5.74. The van der Waals surface area contributed by atoms with Gasteiger partial charge in [-0.3, -0.25) is 15.2 Å². The molecule has 5 nitrogen and oxygen atoms in total. The van der Waals surface area contributed by atoms with Crippen molar-refractivity contribution in [3.8, 4) is 5.75 Å². The number of nitrogen functional groups attached to an aromatic ring is 1. The van der Waals surface area contributed by atoms with E-state index in [1.807, 2.05) is 5.43 Å². The zero-order valence-corrected chi connectivity index (χ0v) is 12.2. The van der Waals surface area contributed by atoms with Crippen molar-refractivity contribution >= 4 is 21.8 Å². The summed E-state index contributed by atoms with van der Waals surface area (Å²) in [7, 11) is 0. The van der Waals surface area contributed by atoms with Crippen LogP contribution < -0.4 is 16.0 Å². The number of hydrogen-bond acceptors (Lipinski definition) is 4. The third-order valence-electron chi connectivity index (χ3n) is 2.55. The van der Waals surface area contributed by atoms with Crippen LogP contribution in [0, 0.1) is 11.6 Å². The molecule has 0 fully saturated rings. The van der Waals surface area contributed by atoms with Gasteiger partial charge in [0.2, 0.25) is 0 Å². The molecule has 0 atom stereocenters. The standard InChI is InChI=1S/C13H10BrF2N3O2/c14-10-3-8(15)4-11(16)12(10)21-6-9-2-1-7(5-18-9)13(20)19-17/h1-5H,6,17H2,(H,19,20). The molecule has 8 heteroatoms. The van der Waals surface area contributed by atoms with Gasteiger partial charge in [-0.25, -0.2) is 14.6 Å². The lowest BCUT2D eigenvalue weighted by molar-refractivity contribution is 0.0953. The minimum absolute atomic E-state index is 0.0360. The van der Waals surface area contributed by atoms with Gasteiger partial charge in [0.15, 0.2) is 11.6 Å². The molecule has 110 valence electrons. The van der Waals surface area contributed by atoms with Gasteiger partial charge >= 0.3 is 0 Å². The zero-order valence-electron chi connectivity index (χ0n) is 10.6. The number of rotatable bonds is 4. The van der Waals surface area contributed by atoms with Gasteiger partial charge in [0.1, 0.15) is 12.4 Å². The van der Waals surface area contributed by atoms with Crippen molar-refractivity contribution in [2.24, 2.45) is 5.84 Å². The highest BCUT2D eigenvalue weighted by Gasteiger charge is 2.12. The van der Waals surface area contributed by atoms with E-state index in [9.17, 15) is 13.6 Å². The highest BCUT2D eigenvalue weighted by Crippen LogP contribution is 2.29. The smallest absolute Gasteiger partial charge is 0.266 e. The van der Waals surface area contributed by atoms with Crippen LogP contribution in [0.4, 0.5) is 8.78 Å². The lowest BCUT2D eigenvalue weighted by atomic mass is 10.2. The van der Waals surface area contributed by atoms with E-state index in [-0.39, 0.29) is 22.4 Å². The summed E-state index contributed by atoms with van der Waals surface area (Å²) in [6, 6.07) is 4.87. The molecule has 1 heterocycles. The van der Waals surface area contributed by atoms with Crippen LogP contribution in [-0.4, -0.2) is 10.9 Å². The Morgan fingerprint density at radius 2 is 2.14 bits per heavy atom. The fraction of sp³-hybridized carbons (Fsp3) is 0.0769. The summed E-state index contributed by atoms with van der Waals surface area (Å²) in [6.07, 6.45) is 1.32. The molecule has 0 bridgehead atoms. The first kappa shape index (κ1) is 15.3. The molecule has 0 aliphatic rings. The lowest BCUT2D eigenvalue weighted by Crippen LogP contribution is -2.30. The number of amides is 1. The summed E-state index contributed by atoms with van der Waals surface area (Å²) in [5.41, 5.74) is 2.74. The number of carbonyl (C=O) groups is 1. The van der Waals surface area contributed by atoms with Crippen molar-refractivity contribution in [2.45, 2.75) is 6.61 Å². The van der Waals surface area contributed by atoms with E-state index in [0.717, 1.165) is 12.1 Å². The minimum Gasteiger partial charge on any atom is -0.483 e. The molecule has 1 aromatic carbocycles. The molecule has 0 radical (unpaired) electrons. The Balaban J connectivity index is 2.08. The normalized spacial score (nSPS) is 10.3. The number of benzene rings is 1. The van der Waals surface area contributed by atoms with Crippen molar-refractivity contribution in [3.63, 3.8) is 0 Å². The van der Waals surface area contributed by atoms with E-state index in [1.165, 1.54) is 12.3 Å². The van der Waals surface area contributed by atoms with Crippen LogP contribution in [0.3, 0.4) is 0 Å².